The molecule has 0 aliphatic carbocycles. The van der Waals surface area contributed by atoms with Crippen LogP contribution in [-0.4, -0.2) is 19.6 Å². The number of ether oxygens (including phenoxy) is 1. The van der Waals surface area contributed by atoms with E-state index in [9.17, 15) is 4.79 Å². The van der Waals surface area contributed by atoms with Crippen LogP contribution in [-0.2, 0) is 6.42 Å². The second-order valence-corrected chi connectivity index (χ2v) is 5.87. The first-order valence-corrected chi connectivity index (χ1v) is 8.04. The zero-order valence-electron chi connectivity index (χ0n) is 12.3. The predicted octanol–water partition coefficient (Wildman–Crippen LogP) is 3.88. The lowest BCUT2D eigenvalue weighted by Crippen LogP contribution is -2.25. The Labute approximate surface area is 133 Å². The molecule has 3 nitrogen and oxygen atoms in total. The minimum absolute atomic E-state index is 0.0210. The SMILES string of the molecule is COc1ccccc1CCNC(=O)c1csc2ccccc12. The fourth-order valence-corrected chi connectivity index (χ4v) is 3.41. The van der Waals surface area contributed by atoms with E-state index in [1.165, 1.54) is 0 Å². The summed E-state index contributed by atoms with van der Waals surface area (Å²) in [6.45, 7) is 0.587. The van der Waals surface area contributed by atoms with Gasteiger partial charge < -0.3 is 10.1 Å². The Hall–Kier alpha value is -2.33. The van der Waals surface area contributed by atoms with Crippen LogP contribution in [0.1, 0.15) is 15.9 Å². The van der Waals surface area contributed by atoms with E-state index in [0.717, 1.165) is 33.4 Å². The highest BCUT2D eigenvalue weighted by molar-refractivity contribution is 7.17. The number of carbonyl (C=O) groups excluding carboxylic acids is 1. The molecule has 1 N–H and O–H groups in total. The first kappa shape index (κ1) is 14.6. The summed E-state index contributed by atoms with van der Waals surface area (Å²) in [7, 11) is 1.66. The highest BCUT2D eigenvalue weighted by atomic mass is 32.1. The van der Waals surface area contributed by atoms with Gasteiger partial charge in [-0.2, -0.15) is 0 Å². The summed E-state index contributed by atoms with van der Waals surface area (Å²) in [5.74, 6) is 0.838. The van der Waals surface area contributed by atoms with Crippen molar-refractivity contribution in [1.29, 1.82) is 0 Å². The first-order chi connectivity index (χ1) is 10.8. The maximum atomic E-state index is 12.3. The van der Waals surface area contributed by atoms with Gasteiger partial charge in [-0.1, -0.05) is 36.4 Å². The number of para-hydroxylation sites is 1. The van der Waals surface area contributed by atoms with E-state index in [1.807, 2.05) is 53.9 Å². The Morgan fingerprint density at radius 3 is 2.77 bits per heavy atom. The number of carbonyl (C=O) groups is 1. The standard InChI is InChI=1S/C18H17NO2S/c1-21-16-8-4-2-6-13(16)10-11-19-18(20)15-12-22-17-9-5-3-7-14(15)17/h2-9,12H,10-11H2,1H3,(H,19,20). The van der Waals surface area contributed by atoms with Crippen molar-refractivity contribution < 1.29 is 9.53 Å². The third kappa shape index (κ3) is 2.97. The molecule has 0 saturated carbocycles. The molecule has 0 spiro atoms. The lowest BCUT2D eigenvalue weighted by atomic mass is 10.1. The van der Waals surface area contributed by atoms with E-state index in [0.29, 0.717) is 6.54 Å². The quantitative estimate of drug-likeness (QED) is 0.776. The molecule has 0 radical (unpaired) electrons. The zero-order valence-corrected chi connectivity index (χ0v) is 13.2. The number of fused-ring (bicyclic) bond motifs is 1. The van der Waals surface area contributed by atoms with E-state index in [-0.39, 0.29) is 5.91 Å². The minimum atomic E-state index is -0.0210. The van der Waals surface area contributed by atoms with Crippen molar-refractivity contribution in [2.24, 2.45) is 0 Å². The summed E-state index contributed by atoms with van der Waals surface area (Å²) in [5.41, 5.74) is 1.85. The first-order valence-electron chi connectivity index (χ1n) is 7.16. The van der Waals surface area contributed by atoms with Crippen molar-refractivity contribution in [3.8, 4) is 5.75 Å². The lowest BCUT2D eigenvalue weighted by Gasteiger charge is -2.09. The van der Waals surface area contributed by atoms with E-state index < -0.39 is 0 Å². The van der Waals surface area contributed by atoms with Crippen LogP contribution in [0.2, 0.25) is 0 Å². The fraction of sp³-hybridized carbons (Fsp3) is 0.167. The molecule has 0 unspecified atom stereocenters. The largest absolute Gasteiger partial charge is 0.496 e. The van der Waals surface area contributed by atoms with Crippen LogP contribution in [0, 0.1) is 0 Å². The topological polar surface area (TPSA) is 38.3 Å². The summed E-state index contributed by atoms with van der Waals surface area (Å²) in [6, 6.07) is 15.8. The molecule has 0 aliphatic heterocycles. The number of hydrogen-bond donors (Lipinski definition) is 1. The Bertz CT molecular complexity index is 794. The third-order valence-corrected chi connectivity index (χ3v) is 4.56. The summed E-state index contributed by atoms with van der Waals surface area (Å²) >= 11 is 1.60. The average Bonchev–Trinajstić information content (AvgIpc) is 2.99. The van der Waals surface area contributed by atoms with Gasteiger partial charge in [0, 0.05) is 22.0 Å². The Morgan fingerprint density at radius 2 is 1.91 bits per heavy atom. The summed E-state index contributed by atoms with van der Waals surface area (Å²) in [6.07, 6.45) is 0.748. The molecule has 1 aromatic heterocycles. The monoisotopic (exact) mass is 311 g/mol. The normalized spacial score (nSPS) is 10.6. The zero-order chi connectivity index (χ0) is 15.4. The number of amides is 1. The predicted molar refractivity (Wildman–Crippen MR) is 90.9 cm³/mol. The maximum Gasteiger partial charge on any atom is 0.252 e. The van der Waals surface area contributed by atoms with Crippen LogP contribution in [0.25, 0.3) is 10.1 Å². The van der Waals surface area contributed by atoms with E-state index in [2.05, 4.69) is 5.32 Å². The van der Waals surface area contributed by atoms with Crippen LogP contribution in [0.4, 0.5) is 0 Å². The number of nitrogens with one attached hydrogen (secondary N) is 1. The molecule has 2 aromatic carbocycles. The van der Waals surface area contributed by atoms with Gasteiger partial charge in [-0.05, 0) is 24.1 Å². The third-order valence-electron chi connectivity index (χ3n) is 3.60. The van der Waals surface area contributed by atoms with Gasteiger partial charge >= 0.3 is 0 Å². The van der Waals surface area contributed by atoms with Crippen LogP contribution in [0.5, 0.6) is 5.75 Å². The molecular weight excluding hydrogens is 294 g/mol. The number of benzene rings is 2. The summed E-state index contributed by atoms with van der Waals surface area (Å²) in [5, 5.41) is 5.92. The van der Waals surface area contributed by atoms with Crippen LogP contribution < -0.4 is 10.1 Å². The highest BCUT2D eigenvalue weighted by Gasteiger charge is 2.11. The molecule has 3 rings (SSSR count). The molecule has 0 atom stereocenters. The molecule has 0 fully saturated rings. The van der Waals surface area contributed by atoms with Crippen molar-refractivity contribution in [3.05, 3.63) is 65.0 Å². The van der Waals surface area contributed by atoms with Gasteiger partial charge in [-0.3, -0.25) is 4.79 Å². The second-order valence-electron chi connectivity index (χ2n) is 4.96. The summed E-state index contributed by atoms with van der Waals surface area (Å²) < 4.78 is 6.46. The van der Waals surface area contributed by atoms with Gasteiger partial charge in [0.1, 0.15) is 5.75 Å². The Morgan fingerprint density at radius 1 is 1.14 bits per heavy atom. The van der Waals surface area contributed by atoms with E-state index in [1.54, 1.807) is 18.4 Å². The van der Waals surface area contributed by atoms with E-state index in [4.69, 9.17) is 4.74 Å². The van der Waals surface area contributed by atoms with Gasteiger partial charge in [0.05, 0.1) is 12.7 Å². The van der Waals surface area contributed by atoms with Crippen molar-refractivity contribution in [1.82, 2.24) is 5.32 Å². The molecule has 1 amide bonds. The maximum absolute atomic E-state index is 12.3. The number of rotatable bonds is 5. The van der Waals surface area contributed by atoms with Gasteiger partial charge in [-0.25, -0.2) is 0 Å². The average molecular weight is 311 g/mol. The van der Waals surface area contributed by atoms with Crippen molar-refractivity contribution in [2.75, 3.05) is 13.7 Å². The highest BCUT2D eigenvalue weighted by Crippen LogP contribution is 2.25. The van der Waals surface area contributed by atoms with Crippen molar-refractivity contribution >= 4 is 27.3 Å². The molecule has 0 saturated heterocycles. The van der Waals surface area contributed by atoms with Gasteiger partial charge in [0.2, 0.25) is 0 Å². The number of hydrogen-bond acceptors (Lipinski definition) is 3. The molecule has 112 valence electrons. The van der Waals surface area contributed by atoms with Crippen molar-refractivity contribution in [2.45, 2.75) is 6.42 Å². The smallest absolute Gasteiger partial charge is 0.252 e. The Balaban J connectivity index is 1.65. The molecule has 22 heavy (non-hydrogen) atoms. The molecule has 0 bridgehead atoms. The fourth-order valence-electron chi connectivity index (χ4n) is 2.47. The van der Waals surface area contributed by atoms with Gasteiger partial charge in [-0.15, -0.1) is 11.3 Å². The lowest BCUT2D eigenvalue weighted by molar-refractivity contribution is 0.0956. The minimum Gasteiger partial charge on any atom is -0.496 e. The number of thiophene rings is 1. The molecule has 0 aliphatic rings. The van der Waals surface area contributed by atoms with Crippen LogP contribution >= 0.6 is 11.3 Å². The molecule has 4 heteroatoms. The van der Waals surface area contributed by atoms with Crippen LogP contribution in [0.3, 0.4) is 0 Å². The van der Waals surface area contributed by atoms with Gasteiger partial charge in [0.25, 0.3) is 5.91 Å². The van der Waals surface area contributed by atoms with Crippen molar-refractivity contribution in [3.63, 3.8) is 0 Å². The molecular formula is C18H17NO2S. The van der Waals surface area contributed by atoms with Gasteiger partial charge in [0.15, 0.2) is 0 Å². The Kier molecular flexibility index (Phi) is 4.39. The summed E-state index contributed by atoms with van der Waals surface area (Å²) in [4.78, 5) is 12.3. The number of methoxy groups -OCH3 is 1. The second kappa shape index (κ2) is 6.62. The van der Waals surface area contributed by atoms with E-state index >= 15 is 0 Å². The molecule has 3 aromatic rings. The molecule has 1 heterocycles. The van der Waals surface area contributed by atoms with Crippen LogP contribution in [0.15, 0.2) is 53.9 Å².